The van der Waals surface area contributed by atoms with Crippen molar-refractivity contribution in [3.8, 4) is 16.8 Å². The average Bonchev–Trinajstić information content (AvgIpc) is 4.09. The predicted octanol–water partition coefficient (Wildman–Crippen LogP) is 14.5. The minimum absolute atomic E-state index is 0.999. The number of benzene rings is 9. The zero-order valence-corrected chi connectivity index (χ0v) is 31.6. The molecular formula is C55H30N4. The third-order valence-corrected chi connectivity index (χ3v) is 13.5. The first-order chi connectivity index (χ1) is 29.3. The number of para-hydroxylation sites is 4. The van der Waals surface area contributed by atoms with Gasteiger partial charge in [-0.2, -0.15) is 0 Å². The summed E-state index contributed by atoms with van der Waals surface area (Å²) in [6, 6.07) is 64.9. The van der Waals surface area contributed by atoms with Crippen LogP contribution in [0.2, 0.25) is 0 Å². The second kappa shape index (κ2) is 10.5. The number of aromatic nitrogens is 4. The van der Waals surface area contributed by atoms with Gasteiger partial charge in [-0.1, -0.05) is 127 Å². The maximum atomic E-state index is 5.51. The number of nitrogens with zero attached hydrogens (tertiary/aromatic N) is 4. The standard InChI is InChI=1S/C55H30N4/c1-2-15-34(16-3-1)57-44-23-10-8-19-37(44)42-28-33(25-26-46(42)57)41-27-31-13-4-6-17-35(31)48-39-21-12-22-40-50-51-47(30-56-55(50)59(52(39)40)53(41)48)58-45-24-11-9-20-38(45)43-29-32-14-5-7-18-36(32)49(51)54(43)58/h1-30H. The Morgan fingerprint density at radius 2 is 0.966 bits per heavy atom. The summed E-state index contributed by atoms with van der Waals surface area (Å²) in [6.07, 6.45) is 2.14. The zero-order chi connectivity index (χ0) is 38.1. The van der Waals surface area contributed by atoms with Gasteiger partial charge in [-0.3, -0.25) is 4.40 Å². The molecule has 15 aromatic rings. The minimum atomic E-state index is 0.999. The molecule has 9 aromatic carbocycles. The average molecular weight is 747 g/mol. The normalized spacial score (nSPS) is 12.7. The maximum Gasteiger partial charge on any atom is 0.146 e. The Morgan fingerprint density at radius 1 is 0.339 bits per heavy atom. The van der Waals surface area contributed by atoms with Gasteiger partial charge in [-0.25, -0.2) is 4.98 Å². The molecule has 0 bridgehead atoms. The van der Waals surface area contributed by atoms with E-state index in [-0.39, 0.29) is 0 Å². The van der Waals surface area contributed by atoms with Crippen molar-refractivity contribution in [1.29, 1.82) is 0 Å². The van der Waals surface area contributed by atoms with Crippen LogP contribution in [0.5, 0.6) is 0 Å². The first-order valence-corrected chi connectivity index (χ1v) is 20.4. The highest BCUT2D eigenvalue weighted by atomic mass is 15.0. The van der Waals surface area contributed by atoms with Crippen molar-refractivity contribution in [2.75, 3.05) is 0 Å². The van der Waals surface area contributed by atoms with E-state index in [0.717, 1.165) is 16.9 Å². The van der Waals surface area contributed by atoms with Gasteiger partial charge in [0.05, 0.1) is 44.8 Å². The molecule has 0 fully saturated rings. The van der Waals surface area contributed by atoms with Crippen LogP contribution in [0, 0.1) is 0 Å². The maximum absolute atomic E-state index is 5.51. The minimum Gasteiger partial charge on any atom is -0.309 e. The van der Waals surface area contributed by atoms with E-state index < -0.39 is 0 Å². The van der Waals surface area contributed by atoms with Crippen molar-refractivity contribution in [3.63, 3.8) is 0 Å². The van der Waals surface area contributed by atoms with Crippen LogP contribution >= 0.6 is 0 Å². The predicted molar refractivity (Wildman–Crippen MR) is 248 cm³/mol. The Labute approximate surface area is 335 Å². The summed E-state index contributed by atoms with van der Waals surface area (Å²) in [5.41, 5.74) is 13.1. The van der Waals surface area contributed by atoms with Crippen molar-refractivity contribution in [3.05, 3.63) is 182 Å². The molecule has 0 aliphatic heterocycles. The Bertz CT molecular complexity index is 4300. The summed E-state index contributed by atoms with van der Waals surface area (Å²) in [6.45, 7) is 0. The smallest absolute Gasteiger partial charge is 0.146 e. The van der Waals surface area contributed by atoms with E-state index in [1.807, 2.05) is 0 Å². The monoisotopic (exact) mass is 746 g/mol. The van der Waals surface area contributed by atoms with Gasteiger partial charge in [0.1, 0.15) is 5.65 Å². The highest BCUT2D eigenvalue weighted by Gasteiger charge is 2.28. The van der Waals surface area contributed by atoms with E-state index >= 15 is 0 Å². The van der Waals surface area contributed by atoms with E-state index in [0.29, 0.717) is 0 Å². The lowest BCUT2D eigenvalue weighted by atomic mass is 9.94. The lowest BCUT2D eigenvalue weighted by Gasteiger charge is -2.11. The van der Waals surface area contributed by atoms with Crippen LogP contribution in [0.4, 0.5) is 0 Å². The summed E-state index contributed by atoms with van der Waals surface area (Å²) >= 11 is 0. The van der Waals surface area contributed by atoms with E-state index in [1.54, 1.807) is 0 Å². The van der Waals surface area contributed by atoms with Gasteiger partial charge in [0.15, 0.2) is 0 Å². The van der Waals surface area contributed by atoms with Crippen molar-refractivity contribution in [2.45, 2.75) is 0 Å². The third kappa shape index (κ3) is 3.56. The highest BCUT2D eigenvalue weighted by molar-refractivity contribution is 6.40. The van der Waals surface area contributed by atoms with Crippen LogP contribution in [0.3, 0.4) is 0 Å². The molecule has 0 aliphatic rings. The summed E-state index contributed by atoms with van der Waals surface area (Å²) in [5, 5.41) is 17.7. The fourth-order valence-corrected chi connectivity index (χ4v) is 11.2. The van der Waals surface area contributed by atoms with Gasteiger partial charge >= 0.3 is 0 Å². The van der Waals surface area contributed by atoms with E-state index in [4.69, 9.17) is 4.98 Å². The van der Waals surface area contributed by atoms with Gasteiger partial charge in [0, 0.05) is 65.1 Å². The lowest BCUT2D eigenvalue weighted by Crippen LogP contribution is -1.93. The largest absolute Gasteiger partial charge is 0.309 e. The number of hydrogen-bond acceptors (Lipinski definition) is 1. The molecule has 0 saturated carbocycles. The van der Waals surface area contributed by atoms with Crippen LogP contribution in [0.15, 0.2) is 182 Å². The Hall–Kier alpha value is -7.95. The first kappa shape index (κ1) is 30.2. The Balaban J connectivity index is 1.14. The Kier molecular flexibility index (Phi) is 5.38. The van der Waals surface area contributed by atoms with Crippen LogP contribution in [-0.4, -0.2) is 18.4 Å². The molecule has 0 radical (unpaired) electrons. The third-order valence-electron chi connectivity index (χ3n) is 13.5. The Morgan fingerprint density at radius 3 is 1.78 bits per heavy atom. The van der Waals surface area contributed by atoms with Gasteiger partial charge in [-0.15, -0.1) is 0 Å². The molecular weight excluding hydrogens is 717 g/mol. The SMILES string of the molecule is c1ccc(-n2c3ccccc3c3cc(-c4cc5ccccc5c5c6cccc7c8c9c%10c%11ccccc%11cc%11c%12ccccc%12n(c9cnc8n(c45)c76)c%11%10)ccc32)cc1. The molecule has 4 nitrogen and oxygen atoms in total. The quantitative estimate of drug-likeness (QED) is 0.173. The second-order valence-corrected chi connectivity index (χ2v) is 16.3. The molecule has 0 aliphatic carbocycles. The molecule has 0 N–H and O–H groups in total. The van der Waals surface area contributed by atoms with Crippen LogP contribution < -0.4 is 0 Å². The topological polar surface area (TPSA) is 26.6 Å². The number of fused-ring (bicyclic) bond motifs is 20. The highest BCUT2D eigenvalue weighted by Crippen LogP contribution is 2.50. The van der Waals surface area contributed by atoms with Crippen LogP contribution in [0.25, 0.3) is 136 Å². The molecule has 4 heteroatoms. The van der Waals surface area contributed by atoms with Crippen molar-refractivity contribution in [2.24, 2.45) is 0 Å². The molecule has 6 aromatic heterocycles. The summed E-state index contributed by atoms with van der Waals surface area (Å²) < 4.78 is 7.37. The lowest BCUT2D eigenvalue weighted by molar-refractivity contribution is 1.18. The summed E-state index contributed by atoms with van der Waals surface area (Å²) in [7, 11) is 0. The molecule has 6 heterocycles. The summed E-state index contributed by atoms with van der Waals surface area (Å²) in [4.78, 5) is 5.51. The van der Waals surface area contributed by atoms with Crippen molar-refractivity contribution < 1.29 is 0 Å². The molecule has 0 saturated heterocycles. The molecule has 0 unspecified atom stereocenters. The van der Waals surface area contributed by atoms with E-state index in [1.165, 1.54) is 120 Å². The zero-order valence-electron chi connectivity index (χ0n) is 31.6. The molecule has 59 heavy (non-hydrogen) atoms. The van der Waals surface area contributed by atoms with E-state index in [9.17, 15) is 0 Å². The van der Waals surface area contributed by atoms with E-state index in [2.05, 4.69) is 195 Å². The van der Waals surface area contributed by atoms with Gasteiger partial charge < -0.3 is 8.97 Å². The fraction of sp³-hybridized carbons (Fsp3) is 0. The molecule has 0 spiro atoms. The van der Waals surface area contributed by atoms with Gasteiger partial charge in [0.25, 0.3) is 0 Å². The first-order valence-electron chi connectivity index (χ1n) is 20.4. The fourth-order valence-electron chi connectivity index (χ4n) is 11.2. The number of hydrogen-bond donors (Lipinski definition) is 0. The molecule has 0 amide bonds. The van der Waals surface area contributed by atoms with Gasteiger partial charge in [-0.05, 0) is 75.6 Å². The van der Waals surface area contributed by atoms with Crippen molar-refractivity contribution in [1.82, 2.24) is 18.4 Å². The van der Waals surface area contributed by atoms with Crippen LogP contribution in [0.1, 0.15) is 0 Å². The molecule has 270 valence electrons. The second-order valence-electron chi connectivity index (χ2n) is 16.3. The van der Waals surface area contributed by atoms with Crippen LogP contribution in [-0.2, 0) is 0 Å². The molecule has 0 atom stereocenters. The summed E-state index contributed by atoms with van der Waals surface area (Å²) in [5.74, 6) is 0. The van der Waals surface area contributed by atoms with Crippen molar-refractivity contribution >= 4 is 120 Å². The number of pyridine rings is 1. The van der Waals surface area contributed by atoms with Gasteiger partial charge in [0.2, 0.25) is 0 Å². The molecule has 15 rings (SSSR count). The number of rotatable bonds is 2.